The van der Waals surface area contributed by atoms with Gasteiger partial charge in [-0.2, -0.15) is 0 Å². The minimum absolute atomic E-state index is 0.0255. The summed E-state index contributed by atoms with van der Waals surface area (Å²) in [6, 6.07) is 6.97. The van der Waals surface area contributed by atoms with Crippen molar-refractivity contribution in [1.29, 1.82) is 0 Å². The van der Waals surface area contributed by atoms with Crippen LogP contribution in [0.5, 0.6) is 0 Å². The van der Waals surface area contributed by atoms with Crippen molar-refractivity contribution in [3.05, 3.63) is 34.9 Å². The van der Waals surface area contributed by atoms with Crippen molar-refractivity contribution in [2.24, 2.45) is 0 Å². The minimum atomic E-state index is -0.142. The Bertz CT molecular complexity index is 381. The molecule has 1 aliphatic rings. The minimum Gasteiger partial charge on any atom is -0.357 e. The summed E-state index contributed by atoms with van der Waals surface area (Å²) < 4.78 is 5.31. The zero-order chi connectivity index (χ0) is 10.8. The standard InChI is InChI=1S/C11H12ClNO2/c1-8-13(5-6-15-8)11(14)9-3-2-4-10(12)7-9/h2-4,7-8H,5-6H2,1H3. The van der Waals surface area contributed by atoms with E-state index in [0.29, 0.717) is 23.7 Å². The van der Waals surface area contributed by atoms with Crippen LogP contribution in [0.1, 0.15) is 17.3 Å². The zero-order valence-corrected chi connectivity index (χ0v) is 9.20. The number of hydrogen-bond acceptors (Lipinski definition) is 2. The van der Waals surface area contributed by atoms with E-state index in [0.717, 1.165) is 0 Å². The monoisotopic (exact) mass is 225 g/mol. The Morgan fingerprint density at radius 2 is 2.40 bits per heavy atom. The quantitative estimate of drug-likeness (QED) is 0.733. The van der Waals surface area contributed by atoms with Crippen molar-refractivity contribution >= 4 is 17.5 Å². The molecule has 1 atom stereocenters. The van der Waals surface area contributed by atoms with Crippen LogP contribution in [0.15, 0.2) is 24.3 Å². The Kier molecular flexibility index (Phi) is 2.93. The molecule has 1 aliphatic heterocycles. The van der Waals surface area contributed by atoms with Crippen LogP contribution in [0.25, 0.3) is 0 Å². The van der Waals surface area contributed by atoms with Gasteiger partial charge in [0, 0.05) is 17.1 Å². The second-order valence-electron chi connectivity index (χ2n) is 3.48. The van der Waals surface area contributed by atoms with Gasteiger partial charge in [0.05, 0.1) is 6.61 Å². The number of ether oxygens (including phenoxy) is 1. The maximum absolute atomic E-state index is 12.0. The second kappa shape index (κ2) is 4.21. The van der Waals surface area contributed by atoms with Gasteiger partial charge in [-0.3, -0.25) is 4.79 Å². The molecule has 2 rings (SSSR count). The van der Waals surface area contributed by atoms with E-state index in [9.17, 15) is 4.79 Å². The van der Waals surface area contributed by atoms with Gasteiger partial charge in [-0.05, 0) is 25.1 Å². The number of rotatable bonds is 1. The van der Waals surface area contributed by atoms with Gasteiger partial charge in [-0.1, -0.05) is 17.7 Å². The van der Waals surface area contributed by atoms with Crippen molar-refractivity contribution in [3.63, 3.8) is 0 Å². The van der Waals surface area contributed by atoms with Crippen LogP contribution < -0.4 is 0 Å². The van der Waals surface area contributed by atoms with Crippen LogP contribution in [0.4, 0.5) is 0 Å². The maximum atomic E-state index is 12.0. The van der Waals surface area contributed by atoms with E-state index in [1.165, 1.54) is 0 Å². The molecule has 0 bridgehead atoms. The summed E-state index contributed by atoms with van der Waals surface area (Å²) in [6.45, 7) is 3.12. The lowest BCUT2D eigenvalue weighted by molar-refractivity contribution is 0.0378. The first-order valence-corrected chi connectivity index (χ1v) is 5.24. The molecule has 0 radical (unpaired) electrons. The molecule has 80 valence electrons. The largest absolute Gasteiger partial charge is 0.357 e. The average Bonchev–Trinajstić information content (AvgIpc) is 2.63. The van der Waals surface area contributed by atoms with Gasteiger partial charge >= 0.3 is 0 Å². The smallest absolute Gasteiger partial charge is 0.256 e. The number of nitrogens with zero attached hydrogens (tertiary/aromatic N) is 1. The Balaban J connectivity index is 2.20. The summed E-state index contributed by atoms with van der Waals surface area (Å²) in [6.07, 6.45) is -0.142. The lowest BCUT2D eigenvalue weighted by Gasteiger charge is -2.19. The number of carbonyl (C=O) groups is 1. The summed E-state index contributed by atoms with van der Waals surface area (Å²) in [5.74, 6) is -0.0255. The van der Waals surface area contributed by atoms with Crippen LogP contribution in [0, 0.1) is 0 Å². The van der Waals surface area contributed by atoms with E-state index < -0.39 is 0 Å². The van der Waals surface area contributed by atoms with Crippen LogP contribution in [0.3, 0.4) is 0 Å². The summed E-state index contributed by atoms with van der Waals surface area (Å²) in [4.78, 5) is 13.7. The molecule has 1 heterocycles. The molecule has 1 unspecified atom stereocenters. The van der Waals surface area contributed by atoms with Gasteiger partial charge in [0.15, 0.2) is 0 Å². The molecule has 1 saturated heterocycles. The van der Waals surface area contributed by atoms with Crippen molar-refractivity contribution in [2.45, 2.75) is 13.2 Å². The molecule has 3 nitrogen and oxygen atoms in total. The van der Waals surface area contributed by atoms with Gasteiger partial charge in [0.1, 0.15) is 6.23 Å². The topological polar surface area (TPSA) is 29.5 Å². The molecule has 1 aromatic rings. The summed E-state index contributed by atoms with van der Waals surface area (Å²) in [5.41, 5.74) is 0.611. The molecule has 1 aromatic carbocycles. The van der Waals surface area contributed by atoms with Crippen molar-refractivity contribution in [3.8, 4) is 0 Å². The van der Waals surface area contributed by atoms with E-state index in [1.54, 1.807) is 29.2 Å². The number of halogens is 1. The van der Waals surface area contributed by atoms with Crippen LogP contribution in [0.2, 0.25) is 5.02 Å². The molecular weight excluding hydrogens is 214 g/mol. The van der Waals surface area contributed by atoms with Gasteiger partial charge in [-0.15, -0.1) is 0 Å². The first-order chi connectivity index (χ1) is 7.18. The Morgan fingerprint density at radius 3 is 3.00 bits per heavy atom. The highest BCUT2D eigenvalue weighted by molar-refractivity contribution is 6.30. The molecule has 4 heteroatoms. The highest BCUT2D eigenvalue weighted by Gasteiger charge is 2.26. The predicted octanol–water partition coefficient (Wildman–Crippen LogP) is 2.16. The van der Waals surface area contributed by atoms with E-state index in [-0.39, 0.29) is 12.1 Å². The molecule has 15 heavy (non-hydrogen) atoms. The van der Waals surface area contributed by atoms with Crippen LogP contribution in [-0.2, 0) is 4.74 Å². The SMILES string of the molecule is CC1OCCN1C(=O)c1cccc(Cl)c1. The molecule has 0 saturated carbocycles. The van der Waals surface area contributed by atoms with E-state index in [4.69, 9.17) is 16.3 Å². The molecule has 0 spiro atoms. The van der Waals surface area contributed by atoms with E-state index in [1.807, 2.05) is 6.92 Å². The number of carbonyl (C=O) groups excluding carboxylic acids is 1. The fraction of sp³-hybridized carbons (Fsp3) is 0.364. The Morgan fingerprint density at radius 1 is 1.60 bits per heavy atom. The fourth-order valence-electron chi connectivity index (χ4n) is 1.65. The van der Waals surface area contributed by atoms with Gasteiger partial charge in [0.2, 0.25) is 0 Å². The van der Waals surface area contributed by atoms with Gasteiger partial charge in [0.25, 0.3) is 5.91 Å². The molecule has 0 N–H and O–H groups in total. The Labute approximate surface area is 93.6 Å². The van der Waals surface area contributed by atoms with Crippen molar-refractivity contribution < 1.29 is 9.53 Å². The molecule has 0 aromatic heterocycles. The molecular formula is C11H12ClNO2. The lowest BCUT2D eigenvalue weighted by Crippen LogP contribution is -2.34. The fourth-order valence-corrected chi connectivity index (χ4v) is 1.84. The summed E-state index contributed by atoms with van der Waals surface area (Å²) in [5, 5.41) is 0.577. The van der Waals surface area contributed by atoms with E-state index in [2.05, 4.69) is 0 Å². The third-order valence-corrected chi connectivity index (χ3v) is 2.70. The summed E-state index contributed by atoms with van der Waals surface area (Å²) in [7, 11) is 0. The van der Waals surface area contributed by atoms with Crippen molar-refractivity contribution in [1.82, 2.24) is 4.90 Å². The van der Waals surface area contributed by atoms with Crippen molar-refractivity contribution in [2.75, 3.05) is 13.2 Å². The van der Waals surface area contributed by atoms with Gasteiger partial charge < -0.3 is 9.64 Å². The zero-order valence-electron chi connectivity index (χ0n) is 8.44. The first-order valence-electron chi connectivity index (χ1n) is 4.86. The summed E-state index contributed by atoms with van der Waals surface area (Å²) >= 11 is 5.83. The lowest BCUT2D eigenvalue weighted by atomic mass is 10.2. The average molecular weight is 226 g/mol. The highest BCUT2D eigenvalue weighted by atomic mass is 35.5. The predicted molar refractivity (Wildman–Crippen MR) is 57.9 cm³/mol. The number of amides is 1. The molecule has 1 fully saturated rings. The number of benzene rings is 1. The molecule has 1 amide bonds. The van der Waals surface area contributed by atoms with Crippen LogP contribution in [-0.4, -0.2) is 30.2 Å². The second-order valence-corrected chi connectivity index (χ2v) is 3.92. The number of hydrogen-bond donors (Lipinski definition) is 0. The highest BCUT2D eigenvalue weighted by Crippen LogP contribution is 2.16. The van der Waals surface area contributed by atoms with Crippen LogP contribution >= 0.6 is 11.6 Å². The first kappa shape index (κ1) is 10.5. The third-order valence-electron chi connectivity index (χ3n) is 2.46. The van der Waals surface area contributed by atoms with Gasteiger partial charge in [-0.25, -0.2) is 0 Å². The third kappa shape index (κ3) is 2.13. The maximum Gasteiger partial charge on any atom is 0.256 e. The Hall–Kier alpha value is -1.06. The normalized spacial score (nSPS) is 20.7. The van der Waals surface area contributed by atoms with E-state index >= 15 is 0 Å². The molecule has 0 aliphatic carbocycles.